The molecule has 0 spiro atoms. The molecule has 0 fully saturated rings. The van der Waals surface area contributed by atoms with Crippen LogP contribution < -0.4 is 10.5 Å². The van der Waals surface area contributed by atoms with Crippen molar-refractivity contribution in [1.29, 1.82) is 0 Å². The van der Waals surface area contributed by atoms with Crippen LogP contribution in [0.2, 0.25) is 5.02 Å². The molecule has 0 amide bonds. The molecule has 0 bridgehead atoms. The molecule has 0 aliphatic heterocycles. The number of anilines is 1. The molecule has 2 aromatic rings. The van der Waals surface area contributed by atoms with Crippen molar-refractivity contribution in [3.63, 3.8) is 0 Å². The van der Waals surface area contributed by atoms with Crippen LogP contribution in [0.25, 0.3) is 0 Å². The van der Waals surface area contributed by atoms with Crippen molar-refractivity contribution in [1.82, 2.24) is 4.72 Å². The molecular weight excluding hydrogens is 311 g/mol. The van der Waals surface area contributed by atoms with Gasteiger partial charge in [-0.2, -0.15) is 0 Å². The van der Waals surface area contributed by atoms with E-state index in [2.05, 4.69) is 4.72 Å². The largest absolute Gasteiger partial charge is 0.399 e. The van der Waals surface area contributed by atoms with Gasteiger partial charge in [0.15, 0.2) is 5.82 Å². The molecule has 2 rings (SSSR count). The van der Waals surface area contributed by atoms with Gasteiger partial charge in [0, 0.05) is 17.1 Å². The Hall–Kier alpha value is -1.15. The summed E-state index contributed by atoms with van der Waals surface area (Å²) in [5.41, 5.74) is 5.56. The maximum Gasteiger partial charge on any atom is 0.243 e. The molecule has 0 atom stereocenters. The van der Waals surface area contributed by atoms with Gasteiger partial charge in [-0.1, -0.05) is 17.7 Å². The molecule has 102 valence electrons. The Bertz CT molecular complexity index is 687. The highest BCUT2D eigenvalue weighted by Gasteiger charge is 2.21. The highest BCUT2D eigenvalue weighted by atomic mass is 35.5. The van der Waals surface area contributed by atoms with E-state index in [1.54, 1.807) is 12.1 Å². The second-order valence-electron chi connectivity index (χ2n) is 3.72. The summed E-state index contributed by atoms with van der Waals surface area (Å²) >= 11 is 6.98. The second kappa shape index (κ2) is 5.46. The number of benzene rings is 1. The lowest BCUT2D eigenvalue weighted by Gasteiger charge is -2.08. The number of thiophene rings is 1. The fraction of sp³-hybridized carbons (Fsp3) is 0.0909. The molecule has 0 aliphatic rings. The Morgan fingerprint density at radius 2 is 2.16 bits per heavy atom. The van der Waals surface area contributed by atoms with E-state index in [1.807, 2.05) is 5.38 Å². The highest BCUT2D eigenvalue weighted by molar-refractivity contribution is 7.89. The predicted octanol–water partition coefficient (Wildman–Crippen LogP) is 2.60. The molecule has 0 saturated carbocycles. The number of halogens is 2. The average Bonchev–Trinajstić information content (AvgIpc) is 2.84. The number of hydrogen-bond acceptors (Lipinski definition) is 4. The lowest BCUT2D eigenvalue weighted by atomic mass is 10.3. The minimum Gasteiger partial charge on any atom is -0.399 e. The third kappa shape index (κ3) is 3.24. The summed E-state index contributed by atoms with van der Waals surface area (Å²) in [6, 6.07) is 5.77. The minimum absolute atomic E-state index is 0.0860. The van der Waals surface area contributed by atoms with Crippen molar-refractivity contribution in [2.75, 3.05) is 5.73 Å². The summed E-state index contributed by atoms with van der Waals surface area (Å²) in [7, 11) is -3.99. The van der Waals surface area contributed by atoms with Crippen LogP contribution in [0.15, 0.2) is 34.5 Å². The third-order valence-corrected chi connectivity index (χ3v) is 4.88. The van der Waals surface area contributed by atoms with Crippen LogP contribution in [0.5, 0.6) is 0 Å². The SMILES string of the molecule is Nc1cc(Cl)c(F)c(S(=O)(=O)NCc2cccs2)c1. The van der Waals surface area contributed by atoms with E-state index >= 15 is 0 Å². The van der Waals surface area contributed by atoms with E-state index in [1.165, 1.54) is 11.3 Å². The normalized spacial score (nSPS) is 11.7. The van der Waals surface area contributed by atoms with Crippen molar-refractivity contribution in [3.8, 4) is 0 Å². The van der Waals surface area contributed by atoms with E-state index in [4.69, 9.17) is 17.3 Å². The van der Waals surface area contributed by atoms with E-state index in [9.17, 15) is 12.8 Å². The molecule has 0 saturated heterocycles. The fourth-order valence-corrected chi connectivity index (χ4v) is 3.59. The Labute approximate surface area is 119 Å². The van der Waals surface area contributed by atoms with Crippen molar-refractivity contribution >= 4 is 38.6 Å². The maximum absolute atomic E-state index is 13.7. The summed E-state index contributed by atoms with van der Waals surface area (Å²) in [6.45, 7) is 0.0891. The van der Waals surface area contributed by atoms with Crippen LogP contribution in [0.3, 0.4) is 0 Å². The smallest absolute Gasteiger partial charge is 0.243 e. The molecule has 0 radical (unpaired) electrons. The zero-order chi connectivity index (χ0) is 14.0. The Morgan fingerprint density at radius 1 is 1.42 bits per heavy atom. The van der Waals surface area contributed by atoms with E-state index in [-0.39, 0.29) is 17.3 Å². The summed E-state index contributed by atoms with van der Waals surface area (Å²) in [6.07, 6.45) is 0. The molecule has 1 aromatic heterocycles. The van der Waals surface area contributed by atoms with Gasteiger partial charge in [0.05, 0.1) is 5.02 Å². The van der Waals surface area contributed by atoms with Gasteiger partial charge in [-0.05, 0) is 23.6 Å². The number of nitrogens with one attached hydrogen (secondary N) is 1. The van der Waals surface area contributed by atoms with Crippen LogP contribution in [0.4, 0.5) is 10.1 Å². The summed E-state index contributed by atoms with van der Waals surface area (Å²) in [5, 5.41) is 1.50. The van der Waals surface area contributed by atoms with Gasteiger partial charge in [-0.15, -0.1) is 11.3 Å². The predicted molar refractivity (Wildman–Crippen MR) is 74.2 cm³/mol. The van der Waals surface area contributed by atoms with Gasteiger partial charge in [-0.25, -0.2) is 17.5 Å². The van der Waals surface area contributed by atoms with Gasteiger partial charge < -0.3 is 5.73 Å². The van der Waals surface area contributed by atoms with E-state index < -0.39 is 20.7 Å². The lowest BCUT2D eigenvalue weighted by molar-refractivity contribution is 0.557. The number of sulfonamides is 1. The number of rotatable bonds is 4. The fourth-order valence-electron chi connectivity index (χ4n) is 1.44. The molecule has 1 aromatic carbocycles. The van der Waals surface area contributed by atoms with Crippen molar-refractivity contribution in [2.24, 2.45) is 0 Å². The van der Waals surface area contributed by atoms with E-state index in [0.29, 0.717) is 0 Å². The lowest BCUT2D eigenvalue weighted by Crippen LogP contribution is -2.24. The standard InChI is InChI=1S/C11H10ClFN2O2S2/c12-9-4-7(14)5-10(11(9)13)19(16,17)15-6-8-2-1-3-18-8/h1-5,15H,6,14H2. The first-order valence-electron chi connectivity index (χ1n) is 5.17. The van der Waals surface area contributed by atoms with Gasteiger partial charge in [-0.3, -0.25) is 0 Å². The Kier molecular flexibility index (Phi) is 4.10. The van der Waals surface area contributed by atoms with Gasteiger partial charge in [0.25, 0.3) is 0 Å². The van der Waals surface area contributed by atoms with Crippen LogP contribution in [-0.2, 0) is 16.6 Å². The van der Waals surface area contributed by atoms with Crippen molar-refractivity contribution in [2.45, 2.75) is 11.4 Å². The summed E-state index contributed by atoms with van der Waals surface area (Å²) < 4.78 is 40.0. The van der Waals surface area contributed by atoms with Crippen LogP contribution >= 0.6 is 22.9 Å². The molecular formula is C11H10ClFN2O2S2. The molecule has 3 N–H and O–H groups in total. The summed E-state index contributed by atoms with van der Waals surface area (Å²) in [4.78, 5) is 0.271. The monoisotopic (exact) mass is 320 g/mol. The zero-order valence-electron chi connectivity index (χ0n) is 9.56. The summed E-state index contributed by atoms with van der Waals surface area (Å²) in [5.74, 6) is -1.01. The van der Waals surface area contributed by atoms with Crippen molar-refractivity contribution < 1.29 is 12.8 Å². The Balaban J connectivity index is 2.29. The molecule has 8 heteroatoms. The Morgan fingerprint density at radius 3 is 2.79 bits per heavy atom. The number of nitrogens with two attached hydrogens (primary N) is 1. The number of hydrogen-bond donors (Lipinski definition) is 2. The molecule has 1 heterocycles. The van der Waals surface area contributed by atoms with Crippen molar-refractivity contribution in [3.05, 3.63) is 45.4 Å². The molecule has 19 heavy (non-hydrogen) atoms. The average molecular weight is 321 g/mol. The first-order chi connectivity index (χ1) is 8.90. The highest BCUT2D eigenvalue weighted by Crippen LogP contribution is 2.25. The van der Waals surface area contributed by atoms with Crippen LogP contribution in [0.1, 0.15) is 4.88 Å². The van der Waals surface area contributed by atoms with Crippen LogP contribution in [-0.4, -0.2) is 8.42 Å². The minimum atomic E-state index is -3.99. The third-order valence-electron chi connectivity index (χ3n) is 2.32. The maximum atomic E-state index is 13.7. The van der Waals surface area contributed by atoms with Gasteiger partial charge >= 0.3 is 0 Å². The topological polar surface area (TPSA) is 72.2 Å². The van der Waals surface area contributed by atoms with Gasteiger partial charge in [0.2, 0.25) is 10.0 Å². The van der Waals surface area contributed by atoms with Gasteiger partial charge in [0.1, 0.15) is 4.90 Å². The second-order valence-corrected chi connectivity index (χ2v) is 6.89. The molecule has 4 nitrogen and oxygen atoms in total. The van der Waals surface area contributed by atoms with Crippen LogP contribution in [0, 0.1) is 5.82 Å². The quantitative estimate of drug-likeness (QED) is 0.851. The first kappa shape index (κ1) is 14.3. The van der Waals surface area contributed by atoms with E-state index in [0.717, 1.165) is 17.0 Å². The molecule has 0 unspecified atom stereocenters. The zero-order valence-corrected chi connectivity index (χ0v) is 11.9. The molecule has 0 aliphatic carbocycles. The number of nitrogen functional groups attached to an aromatic ring is 1. The first-order valence-corrected chi connectivity index (χ1v) is 7.91.